The van der Waals surface area contributed by atoms with Crippen molar-refractivity contribution in [2.45, 2.75) is 6.92 Å². The number of nitrogens with one attached hydrogen (secondary N) is 1. The molecular formula is C16H14N2O2S. The molecule has 4 nitrogen and oxygen atoms in total. The fourth-order valence-corrected chi connectivity index (χ4v) is 2.73. The molecule has 21 heavy (non-hydrogen) atoms. The van der Waals surface area contributed by atoms with Crippen LogP contribution in [0, 0.1) is 6.92 Å². The third-order valence-electron chi connectivity index (χ3n) is 3.04. The van der Waals surface area contributed by atoms with Crippen molar-refractivity contribution >= 4 is 22.2 Å². The van der Waals surface area contributed by atoms with Crippen LogP contribution in [-0.4, -0.2) is 15.2 Å². The third-order valence-corrected chi connectivity index (χ3v) is 3.80. The minimum Gasteiger partial charge on any atom is -0.504 e. The average molecular weight is 298 g/mol. The molecule has 0 aliphatic rings. The summed E-state index contributed by atoms with van der Waals surface area (Å²) in [6, 6.07) is 12.7. The van der Waals surface area contributed by atoms with Crippen LogP contribution in [0.5, 0.6) is 11.5 Å². The fraction of sp³-hybridized carbons (Fsp3) is 0.0625. The first-order valence-corrected chi connectivity index (χ1v) is 7.31. The lowest BCUT2D eigenvalue weighted by Crippen LogP contribution is -1.89. The van der Waals surface area contributed by atoms with Gasteiger partial charge in [0.15, 0.2) is 16.6 Å². The van der Waals surface area contributed by atoms with Gasteiger partial charge in [-0.15, -0.1) is 11.3 Å². The van der Waals surface area contributed by atoms with Crippen LogP contribution in [0.25, 0.3) is 11.3 Å². The van der Waals surface area contributed by atoms with Crippen molar-refractivity contribution in [1.29, 1.82) is 0 Å². The van der Waals surface area contributed by atoms with E-state index in [0.717, 1.165) is 22.1 Å². The maximum atomic E-state index is 9.54. The van der Waals surface area contributed by atoms with E-state index in [1.807, 2.05) is 36.6 Å². The number of phenolic OH excluding ortho intramolecular Hbond substituents is 2. The first-order chi connectivity index (χ1) is 10.1. The minimum atomic E-state index is -0.145. The Hall–Kier alpha value is -2.53. The summed E-state index contributed by atoms with van der Waals surface area (Å²) in [6.07, 6.45) is 0. The normalized spacial score (nSPS) is 10.5. The third kappa shape index (κ3) is 2.98. The molecule has 0 fully saturated rings. The lowest BCUT2D eigenvalue weighted by Gasteiger charge is -2.03. The Morgan fingerprint density at radius 1 is 1.05 bits per heavy atom. The van der Waals surface area contributed by atoms with Crippen LogP contribution in [0.4, 0.5) is 10.8 Å². The molecule has 0 unspecified atom stereocenters. The van der Waals surface area contributed by atoms with E-state index in [1.165, 1.54) is 29.0 Å². The van der Waals surface area contributed by atoms with Crippen molar-refractivity contribution in [3.63, 3.8) is 0 Å². The molecule has 0 aliphatic heterocycles. The highest BCUT2D eigenvalue weighted by atomic mass is 32.1. The second-order valence-corrected chi connectivity index (χ2v) is 5.59. The topological polar surface area (TPSA) is 65.4 Å². The molecule has 3 rings (SSSR count). The Balaban J connectivity index is 1.84. The molecule has 106 valence electrons. The minimum absolute atomic E-state index is 0.132. The molecule has 1 aromatic heterocycles. The van der Waals surface area contributed by atoms with E-state index in [4.69, 9.17) is 0 Å². The summed E-state index contributed by atoms with van der Waals surface area (Å²) in [5.41, 5.74) is 3.69. The molecule has 5 heteroatoms. The zero-order valence-electron chi connectivity index (χ0n) is 11.4. The van der Waals surface area contributed by atoms with Crippen LogP contribution in [0.3, 0.4) is 0 Å². The number of anilines is 2. The van der Waals surface area contributed by atoms with E-state index < -0.39 is 0 Å². The summed E-state index contributed by atoms with van der Waals surface area (Å²) >= 11 is 1.49. The molecule has 0 saturated carbocycles. The molecule has 3 N–H and O–H groups in total. The van der Waals surface area contributed by atoms with Gasteiger partial charge in [-0.2, -0.15) is 0 Å². The SMILES string of the molecule is Cc1cccc(Nc2nc(-c3ccc(O)c(O)c3)cs2)c1. The zero-order valence-corrected chi connectivity index (χ0v) is 12.2. The Bertz CT molecular complexity index is 783. The summed E-state index contributed by atoms with van der Waals surface area (Å²) in [5, 5.41) is 24.8. The zero-order chi connectivity index (χ0) is 14.8. The van der Waals surface area contributed by atoms with E-state index in [2.05, 4.69) is 10.3 Å². The van der Waals surface area contributed by atoms with E-state index >= 15 is 0 Å². The van der Waals surface area contributed by atoms with E-state index in [9.17, 15) is 10.2 Å². The van der Waals surface area contributed by atoms with Crippen LogP contribution >= 0.6 is 11.3 Å². The maximum Gasteiger partial charge on any atom is 0.187 e. The average Bonchev–Trinajstić information content (AvgIpc) is 2.90. The van der Waals surface area contributed by atoms with E-state index in [-0.39, 0.29) is 11.5 Å². The van der Waals surface area contributed by atoms with Gasteiger partial charge in [-0.3, -0.25) is 0 Å². The Labute approximate surface area is 126 Å². The van der Waals surface area contributed by atoms with Gasteiger partial charge in [0.1, 0.15) is 0 Å². The molecule has 0 saturated heterocycles. The standard InChI is InChI=1S/C16H14N2O2S/c1-10-3-2-4-12(7-10)17-16-18-13(9-21-16)11-5-6-14(19)15(20)8-11/h2-9,19-20H,1H3,(H,17,18). The van der Waals surface area contributed by atoms with Crippen molar-refractivity contribution in [2.24, 2.45) is 0 Å². The highest BCUT2D eigenvalue weighted by Crippen LogP contribution is 2.32. The molecule has 0 amide bonds. The Morgan fingerprint density at radius 3 is 2.67 bits per heavy atom. The lowest BCUT2D eigenvalue weighted by molar-refractivity contribution is 0.404. The first kappa shape index (κ1) is 13.5. The number of hydrogen-bond acceptors (Lipinski definition) is 5. The van der Waals surface area contributed by atoms with Crippen LogP contribution in [0.2, 0.25) is 0 Å². The second-order valence-electron chi connectivity index (χ2n) is 4.74. The van der Waals surface area contributed by atoms with Crippen molar-refractivity contribution in [2.75, 3.05) is 5.32 Å². The quantitative estimate of drug-likeness (QED) is 0.632. The molecule has 0 bridgehead atoms. The highest BCUT2D eigenvalue weighted by Gasteiger charge is 2.07. The molecule has 0 atom stereocenters. The number of hydrogen-bond donors (Lipinski definition) is 3. The molecule has 0 spiro atoms. The van der Waals surface area contributed by atoms with Crippen LogP contribution in [0.15, 0.2) is 47.8 Å². The van der Waals surface area contributed by atoms with E-state index in [0.29, 0.717) is 0 Å². The number of aromatic hydroxyl groups is 2. The number of nitrogens with zero attached hydrogens (tertiary/aromatic N) is 1. The Morgan fingerprint density at radius 2 is 1.90 bits per heavy atom. The van der Waals surface area contributed by atoms with Crippen LogP contribution < -0.4 is 5.32 Å². The molecule has 1 heterocycles. The molecular weight excluding hydrogens is 284 g/mol. The number of aromatic nitrogens is 1. The lowest BCUT2D eigenvalue weighted by atomic mass is 10.1. The van der Waals surface area contributed by atoms with Gasteiger partial charge in [0, 0.05) is 16.6 Å². The van der Waals surface area contributed by atoms with Gasteiger partial charge in [-0.05, 0) is 42.8 Å². The summed E-state index contributed by atoms with van der Waals surface area (Å²) in [5.74, 6) is -0.277. The number of aryl methyl sites for hydroxylation is 1. The Kier molecular flexibility index (Phi) is 3.50. The van der Waals surface area contributed by atoms with Gasteiger partial charge in [-0.25, -0.2) is 4.98 Å². The molecule has 0 radical (unpaired) electrons. The van der Waals surface area contributed by atoms with Crippen LogP contribution in [0.1, 0.15) is 5.56 Å². The predicted molar refractivity (Wildman–Crippen MR) is 85.3 cm³/mol. The van der Waals surface area contributed by atoms with Gasteiger partial charge in [-0.1, -0.05) is 12.1 Å². The van der Waals surface area contributed by atoms with Gasteiger partial charge >= 0.3 is 0 Å². The summed E-state index contributed by atoms with van der Waals surface area (Å²) in [4.78, 5) is 4.49. The fourth-order valence-electron chi connectivity index (χ4n) is 1.99. The van der Waals surface area contributed by atoms with Gasteiger partial charge in [0.2, 0.25) is 0 Å². The molecule has 2 aromatic carbocycles. The largest absolute Gasteiger partial charge is 0.504 e. The van der Waals surface area contributed by atoms with Gasteiger partial charge in [0.05, 0.1) is 5.69 Å². The number of rotatable bonds is 3. The van der Waals surface area contributed by atoms with E-state index in [1.54, 1.807) is 6.07 Å². The summed E-state index contributed by atoms with van der Waals surface area (Å²) in [7, 11) is 0. The number of phenols is 2. The summed E-state index contributed by atoms with van der Waals surface area (Å²) < 4.78 is 0. The molecule has 0 aliphatic carbocycles. The van der Waals surface area contributed by atoms with Gasteiger partial charge < -0.3 is 15.5 Å². The summed E-state index contributed by atoms with van der Waals surface area (Å²) in [6.45, 7) is 2.04. The molecule has 3 aromatic rings. The highest BCUT2D eigenvalue weighted by molar-refractivity contribution is 7.14. The van der Waals surface area contributed by atoms with Crippen LogP contribution in [-0.2, 0) is 0 Å². The number of benzene rings is 2. The van der Waals surface area contributed by atoms with Crippen molar-refractivity contribution < 1.29 is 10.2 Å². The number of thiazole rings is 1. The monoisotopic (exact) mass is 298 g/mol. The predicted octanol–water partition coefficient (Wildman–Crippen LogP) is 4.27. The van der Waals surface area contributed by atoms with Crippen molar-refractivity contribution in [3.05, 3.63) is 53.4 Å². The maximum absolute atomic E-state index is 9.54. The van der Waals surface area contributed by atoms with Gasteiger partial charge in [0.25, 0.3) is 0 Å². The first-order valence-electron chi connectivity index (χ1n) is 6.43. The van der Waals surface area contributed by atoms with Crippen molar-refractivity contribution in [3.8, 4) is 22.8 Å². The van der Waals surface area contributed by atoms with Crippen molar-refractivity contribution in [1.82, 2.24) is 4.98 Å². The second kappa shape index (κ2) is 5.46. The smallest absolute Gasteiger partial charge is 0.187 e.